The van der Waals surface area contributed by atoms with Crippen LogP contribution in [0.25, 0.3) is 0 Å². The zero-order valence-electron chi connectivity index (χ0n) is 12.8. The van der Waals surface area contributed by atoms with Crippen molar-refractivity contribution in [2.75, 3.05) is 18.8 Å². The summed E-state index contributed by atoms with van der Waals surface area (Å²) in [5, 5.41) is 0. The van der Waals surface area contributed by atoms with E-state index in [2.05, 4.69) is 15.0 Å². The fraction of sp³-hybridized carbons (Fsp3) is 0.375. The number of pyridine rings is 1. The van der Waals surface area contributed by atoms with Gasteiger partial charge in [0, 0.05) is 43.9 Å². The highest BCUT2D eigenvalue weighted by atomic mass is 32.2. The van der Waals surface area contributed by atoms with Crippen molar-refractivity contribution in [3.63, 3.8) is 0 Å². The quantitative estimate of drug-likeness (QED) is 0.844. The third-order valence-corrected chi connectivity index (χ3v) is 5.78. The van der Waals surface area contributed by atoms with Gasteiger partial charge in [-0.05, 0) is 12.1 Å². The molecule has 6 nitrogen and oxygen atoms in total. The summed E-state index contributed by atoms with van der Waals surface area (Å²) in [6, 6.07) is 2.87. The van der Waals surface area contributed by atoms with E-state index in [1.54, 1.807) is 22.9 Å². The van der Waals surface area contributed by atoms with E-state index in [4.69, 9.17) is 4.74 Å². The molecule has 0 aromatic carbocycles. The fourth-order valence-electron chi connectivity index (χ4n) is 3.08. The monoisotopic (exact) mass is 346 g/mol. The molecule has 2 aromatic heterocycles. The second-order valence-corrected chi connectivity index (χ2v) is 7.47. The molecule has 4 heterocycles. The summed E-state index contributed by atoms with van der Waals surface area (Å²) in [6.07, 6.45) is 6.73. The van der Waals surface area contributed by atoms with E-state index >= 15 is 0 Å². The Balaban J connectivity index is 1.35. The average Bonchev–Trinajstić information content (AvgIpc) is 3.00. The zero-order valence-corrected chi connectivity index (χ0v) is 13.6. The maximum atomic E-state index is 13.6. The topological polar surface area (TPSA) is 68.2 Å². The van der Waals surface area contributed by atoms with E-state index in [9.17, 15) is 9.18 Å². The highest BCUT2D eigenvalue weighted by Crippen LogP contribution is 2.46. The normalized spacial score (nSPS) is 21.5. The Morgan fingerprint density at radius 2 is 2.21 bits per heavy atom. The van der Waals surface area contributed by atoms with Gasteiger partial charge in [0.05, 0.1) is 10.9 Å². The number of nitrogens with zero attached hydrogens (tertiary/aromatic N) is 4. The highest BCUT2D eigenvalue weighted by molar-refractivity contribution is 8.01. The molecule has 0 unspecified atom stereocenters. The maximum Gasteiger partial charge on any atom is 0.274 e. The van der Waals surface area contributed by atoms with Gasteiger partial charge >= 0.3 is 0 Å². The molecule has 0 aliphatic carbocycles. The predicted octanol–water partition coefficient (Wildman–Crippen LogP) is 1.79. The smallest absolute Gasteiger partial charge is 0.274 e. The van der Waals surface area contributed by atoms with Crippen molar-refractivity contribution < 1.29 is 13.9 Å². The number of aromatic nitrogens is 3. The molecule has 0 bridgehead atoms. The minimum atomic E-state index is -0.448. The number of ether oxygens (including phenoxy) is 1. The number of hydrogen-bond acceptors (Lipinski definition) is 6. The molecule has 2 aromatic rings. The standard InChI is InChI=1S/C16H15FN4O2S/c17-12-2-1-3-20-14(12)23-11-6-16(24-8-11)9-21(10-16)15(22)13-7-18-4-5-19-13/h1-5,7,11H,6,8-10H2/t11-/m0/s1. The first-order valence-corrected chi connectivity index (χ1v) is 8.60. The average molecular weight is 346 g/mol. The summed E-state index contributed by atoms with van der Waals surface area (Å²) in [5.74, 6) is 0.265. The molecule has 2 saturated heterocycles. The van der Waals surface area contributed by atoms with Crippen molar-refractivity contribution in [2.24, 2.45) is 0 Å². The molecular formula is C16H15FN4O2S. The molecule has 2 aliphatic heterocycles. The Bertz CT molecular complexity index is 755. The lowest BCUT2D eigenvalue weighted by Crippen LogP contribution is -2.61. The SMILES string of the molecule is O=C(c1cnccn1)N1CC2(C[C@H](Oc3ncccc3F)CS2)C1. The minimum Gasteiger partial charge on any atom is -0.471 e. The molecule has 1 spiro atoms. The molecule has 24 heavy (non-hydrogen) atoms. The first-order valence-electron chi connectivity index (χ1n) is 7.62. The Kier molecular flexibility index (Phi) is 3.84. The molecule has 1 amide bonds. The Morgan fingerprint density at radius 3 is 2.96 bits per heavy atom. The molecule has 1 atom stereocenters. The summed E-state index contributed by atoms with van der Waals surface area (Å²) in [7, 11) is 0. The Labute approximate surface area is 142 Å². The van der Waals surface area contributed by atoms with Gasteiger partial charge in [0.15, 0.2) is 5.82 Å². The van der Waals surface area contributed by atoms with Crippen LogP contribution in [0.5, 0.6) is 5.88 Å². The van der Waals surface area contributed by atoms with Crippen LogP contribution in [0.4, 0.5) is 4.39 Å². The first-order chi connectivity index (χ1) is 11.7. The number of hydrogen-bond donors (Lipinski definition) is 0. The summed E-state index contributed by atoms with van der Waals surface area (Å²) in [6.45, 7) is 1.30. The third-order valence-electron chi connectivity index (χ3n) is 4.21. The van der Waals surface area contributed by atoms with E-state index in [1.165, 1.54) is 30.7 Å². The third kappa shape index (κ3) is 2.82. The van der Waals surface area contributed by atoms with Gasteiger partial charge in [-0.1, -0.05) is 0 Å². The van der Waals surface area contributed by atoms with Crippen LogP contribution >= 0.6 is 11.8 Å². The number of likely N-dealkylation sites (tertiary alicyclic amines) is 1. The van der Waals surface area contributed by atoms with Crippen molar-refractivity contribution in [3.8, 4) is 5.88 Å². The summed E-state index contributed by atoms with van der Waals surface area (Å²) >= 11 is 1.78. The van der Waals surface area contributed by atoms with E-state index in [0.29, 0.717) is 18.8 Å². The predicted molar refractivity (Wildman–Crippen MR) is 86.4 cm³/mol. The molecule has 8 heteroatoms. The second kappa shape index (κ2) is 6.01. The van der Waals surface area contributed by atoms with Gasteiger partial charge in [-0.3, -0.25) is 9.78 Å². The Morgan fingerprint density at radius 1 is 1.33 bits per heavy atom. The second-order valence-electron chi connectivity index (χ2n) is 5.98. The number of amides is 1. The molecule has 2 aliphatic rings. The maximum absolute atomic E-state index is 13.6. The van der Waals surface area contributed by atoms with Crippen LogP contribution < -0.4 is 4.74 Å². The fourth-order valence-corrected chi connectivity index (χ4v) is 4.60. The van der Waals surface area contributed by atoms with Crippen molar-refractivity contribution in [1.82, 2.24) is 19.9 Å². The van der Waals surface area contributed by atoms with Crippen LogP contribution in [0.1, 0.15) is 16.9 Å². The number of thioether (sulfide) groups is 1. The molecule has 0 saturated carbocycles. The lowest BCUT2D eigenvalue weighted by Gasteiger charge is -2.47. The van der Waals surface area contributed by atoms with Gasteiger partial charge in [0.1, 0.15) is 11.8 Å². The zero-order chi connectivity index (χ0) is 16.6. The first kappa shape index (κ1) is 15.3. The molecule has 4 rings (SSSR count). The van der Waals surface area contributed by atoms with Crippen molar-refractivity contribution >= 4 is 17.7 Å². The Hall–Kier alpha value is -2.22. The number of halogens is 1. The van der Waals surface area contributed by atoms with Crippen molar-refractivity contribution in [2.45, 2.75) is 17.3 Å². The molecule has 0 radical (unpaired) electrons. The molecule has 2 fully saturated rings. The van der Waals surface area contributed by atoms with Gasteiger partial charge in [-0.2, -0.15) is 0 Å². The van der Waals surface area contributed by atoms with Gasteiger partial charge < -0.3 is 9.64 Å². The van der Waals surface area contributed by atoms with Crippen LogP contribution in [-0.4, -0.2) is 55.5 Å². The number of rotatable bonds is 3. The van der Waals surface area contributed by atoms with Gasteiger partial charge in [0.2, 0.25) is 0 Å². The van der Waals surface area contributed by atoms with Crippen LogP contribution in [0.15, 0.2) is 36.9 Å². The molecular weight excluding hydrogens is 331 g/mol. The molecule has 124 valence electrons. The van der Waals surface area contributed by atoms with Crippen LogP contribution in [0, 0.1) is 5.82 Å². The van der Waals surface area contributed by atoms with E-state index in [1.807, 2.05) is 0 Å². The summed E-state index contributed by atoms with van der Waals surface area (Å²) < 4.78 is 19.3. The van der Waals surface area contributed by atoms with Crippen LogP contribution in [0.3, 0.4) is 0 Å². The highest BCUT2D eigenvalue weighted by Gasteiger charge is 2.51. The van der Waals surface area contributed by atoms with E-state index in [-0.39, 0.29) is 22.6 Å². The van der Waals surface area contributed by atoms with E-state index < -0.39 is 5.82 Å². The summed E-state index contributed by atoms with van der Waals surface area (Å²) in [4.78, 5) is 26.0. The van der Waals surface area contributed by atoms with Crippen molar-refractivity contribution in [1.29, 1.82) is 0 Å². The molecule has 0 N–H and O–H groups in total. The van der Waals surface area contributed by atoms with Crippen molar-refractivity contribution in [3.05, 3.63) is 48.4 Å². The number of carbonyl (C=O) groups is 1. The van der Waals surface area contributed by atoms with E-state index in [0.717, 1.165) is 12.2 Å². The largest absolute Gasteiger partial charge is 0.471 e. The van der Waals surface area contributed by atoms with Crippen LogP contribution in [-0.2, 0) is 0 Å². The number of carbonyl (C=O) groups excluding carboxylic acids is 1. The van der Waals surface area contributed by atoms with Gasteiger partial charge in [-0.15, -0.1) is 11.8 Å². The summed E-state index contributed by atoms with van der Waals surface area (Å²) in [5.41, 5.74) is 0.360. The lowest BCUT2D eigenvalue weighted by molar-refractivity contribution is 0.0507. The minimum absolute atomic E-state index is 0.00616. The van der Waals surface area contributed by atoms with Crippen LogP contribution in [0.2, 0.25) is 0 Å². The lowest BCUT2D eigenvalue weighted by atomic mass is 9.92. The van der Waals surface area contributed by atoms with Gasteiger partial charge in [0.25, 0.3) is 11.8 Å². The van der Waals surface area contributed by atoms with Gasteiger partial charge in [-0.25, -0.2) is 14.4 Å².